The Balaban J connectivity index is 1.95. The fourth-order valence-electron chi connectivity index (χ4n) is 1.94. The summed E-state index contributed by atoms with van der Waals surface area (Å²) < 4.78 is 9.99. The van der Waals surface area contributed by atoms with Gasteiger partial charge in [-0.05, 0) is 25.1 Å². The number of hydrogen-bond acceptors (Lipinski definition) is 7. The zero-order valence-electron chi connectivity index (χ0n) is 14.1. The van der Waals surface area contributed by atoms with E-state index in [1.54, 1.807) is 19.1 Å². The van der Waals surface area contributed by atoms with Gasteiger partial charge in [-0.2, -0.15) is 0 Å². The molecular formula is C17H17ClN2O5S. The lowest BCUT2D eigenvalue weighted by Gasteiger charge is -2.11. The molecule has 1 aromatic carbocycles. The molecule has 26 heavy (non-hydrogen) atoms. The van der Waals surface area contributed by atoms with Crippen LogP contribution in [0.2, 0.25) is 5.02 Å². The third-order valence-electron chi connectivity index (χ3n) is 3.14. The van der Waals surface area contributed by atoms with Crippen molar-refractivity contribution < 1.29 is 24.2 Å². The number of methoxy groups -OCH3 is 1. The van der Waals surface area contributed by atoms with Crippen LogP contribution in [0.5, 0.6) is 11.5 Å². The van der Waals surface area contributed by atoms with Crippen LogP contribution in [0.1, 0.15) is 17.3 Å². The van der Waals surface area contributed by atoms with E-state index in [9.17, 15) is 14.7 Å². The lowest BCUT2D eigenvalue weighted by molar-refractivity contribution is -0.113. The standard InChI is InChI=1S/C17H17ClN2O5S/c1-3-25-17(23)10-4-5-16(19-8-10)26-9-15(22)20-12-6-11(18)13(21)7-14(12)24-2/h4-8,21H,3,9H2,1-2H3,(H,20,22). The van der Waals surface area contributed by atoms with Crippen LogP contribution >= 0.6 is 23.4 Å². The molecule has 2 rings (SSSR count). The summed E-state index contributed by atoms with van der Waals surface area (Å²) in [6, 6.07) is 5.96. The van der Waals surface area contributed by atoms with E-state index in [1.807, 2.05) is 0 Å². The third kappa shape index (κ3) is 5.27. The SMILES string of the molecule is CCOC(=O)c1ccc(SCC(=O)Nc2cc(Cl)c(O)cc2OC)nc1. The molecule has 0 aliphatic carbocycles. The Bertz CT molecular complexity index is 798. The Labute approximate surface area is 159 Å². The molecule has 1 amide bonds. The molecule has 2 aromatic rings. The van der Waals surface area contributed by atoms with Crippen molar-refractivity contribution in [2.45, 2.75) is 11.9 Å². The van der Waals surface area contributed by atoms with Crippen molar-refractivity contribution in [3.8, 4) is 11.5 Å². The highest BCUT2D eigenvalue weighted by Gasteiger charge is 2.13. The fraction of sp³-hybridized carbons (Fsp3) is 0.235. The van der Waals surface area contributed by atoms with Crippen molar-refractivity contribution in [3.63, 3.8) is 0 Å². The number of benzene rings is 1. The van der Waals surface area contributed by atoms with Crippen LogP contribution in [0.4, 0.5) is 5.69 Å². The maximum Gasteiger partial charge on any atom is 0.339 e. The maximum atomic E-state index is 12.1. The number of aromatic nitrogens is 1. The van der Waals surface area contributed by atoms with Gasteiger partial charge in [-0.25, -0.2) is 9.78 Å². The first-order valence-electron chi connectivity index (χ1n) is 7.57. The highest BCUT2D eigenvalue weighted by molar-refractivity contribution is 7.99. The van der Waals surface area contributed by atoms with Crippen molar-refractivity contribution in [1.29, 1.82) is 0 Å². The van der Waals surface area contributed by atoms with Crippen LogP contribution in [0.15, 0.2) is 35.5 Å². The highest BCUT2D eigenvalue weighted by atomic mass is 35.5. The number of rotatable bonds is 7. The number of pyridine rings is 1. The first-order chi connectivity index (χ1) is 12.4. The van der Waals surface area contributed by atoms with Gasteiger partial charge >= 0.3 is 5.97 Å². The monoisotopic (exact) mass is 396 g/mol. The number of ether oxygens (including phenoxy) is 2. The summed E-state index contributed by atoms with van der Waals surface area (Å²) in [6.07, 6.45) is 1.40. The summed E-state index contributed by atoms with van der Waals surface area (Å²) in [4.78, 5) is 27.8. The summed E-state index contributed by atoms with van der Waals surface area (Å²) in [6.45, 7) is 2.02. The molecule has 0 spiro atoms. The molecule has 0 saturated heterocycles. The molecule has 0 radical (unpaired) electrons. The molecule has 0 aliphatic rings. The minimum atomic E-state index is -0.439. The summed E-state index contributed by atoms with van der Waals surface area (Å²) in [5, 5.41) is 12.9. The Morgan fingerprint density at radius 2 is 2.12 bits per heavy atom. The molecule has 1 heterocycles. The second-order valence-corrected chi connectivity index (χ2v) is 6.35. The average molecular weight is 397 g/mol. The predicted molar refractivity (Wildman–Crippen MR) is 99.2 cm³/mol. The van der Waals surface area contributed by atoms with E-state index < -0.39 is 5.97 Å². The number of anilines is 1. The number of carbonyl (C=O) groups is 2. The number of phenols is 1. The number of carbonyl (C=O) groups excluding carboxylic acids is 2. The van der Waals surface area contributed by atoms with E-state index in [0.29, 0.717) is 28.6 Å². The summed E-state index contributed by atoms with van der Waals surface area (Å²) >= 11 is 7.06. The number of aromatic hydroxyl groups is 1. The van der Waals surface area contributed by atoms with Gasteiger partial charge in [0.25, 0.3) is 0 Å². The number of esters is 1. The Morgan fingerprint density at radius 3 is 2.73 bits per heavy atom. The van der Waals surface area contributed by atoms with Gasteiger partial charge in [-0.3, -0.25) is 4.79 Å². The maximum absolute atomic E-state index is 12.1. The number of thioether (sulfide) groups is 1. The third-order valence-corrected chi connectivity index (χ3v) is 4.39. The van der Waals surface area contributed by atoms with Gasteiger partial charge in [0.1, 0.15) is 11.5 Å². The number of phenolic OH excluding ortho intramolecular Hbond substituents is 1. The molecule has 0 saturated carbocycles. The zero-order valence-corrected chi connectivity index (χ0v) is 15.7. The van der Waals surface area contributed by atoms with E-state index in [0.717, 1.165) is 0 Å². The molecule has 7 nitrogen and oxygen atoms in total. The summed E-state index contributed by atoms with van der Waals surface area (Å²) in [7, 11) is 1.42. The summed E-state index contributed by atoms with van der Waals surface area (Å²) in [5.41, 5.74) is 0.704. The van der Waals surface area contributed by atoms with Crippen LogP contribution in [0, 0.1) is 0 Å². The topological polar surface area (TPSA) is 97.8 Å². The van der Waals surface area contributed by atoms with E-state index >= 15 is 0 Å². The van der Waals surface area contributed by atoms with Crippen LogP contribution in [0.3, 0.4) is 0 Å². The molecule has 2 N–H and O–H groups in total. The second-order valence-electron chi connectivity index (χ2n) is 4.95. The van der Waals surface area contributed by atoms with Crippen molar-refractivity contribution in [3.05, 3.63) is 41.0 Å². The Hall–Kier alpha value is -2.45. The first-order valence-corrected chi connectivity index (χ1v) is 8.93. The van der Waals surface area contributed by atoms with Crippen molar-refractivity contribution in [2.75, 3.05) is 24.8 Å². The molecule has 138 valence electrons. The first kappa shape index (κ1) is 19.9. The smallest absolute Gasteiger partial charge is 0.339 e. The lowest BCUT2D eigenvalue weighted by atomic mass is 10.2. The number of nitrogens with one attached hydrogen (secondary N) is 1. The van der Waals surface area contributed by atoms with Gasteiger partial charge in [0, 0.05) is 12.3 Å². The number of hydrogen-bond donors (Lipinski definition) is 2. The Morgan fingerprint density at radius 1 is 1.35 bits per heavy atom. The summed E-state index contributed by atoms with van der Waals surface area (Å²) in [5.74, 6) is -0.492. The quantitative estimate of drug-likeness (QED) is 0.420. The van der Waals surface area contributed by atoms with Crippen LogP contribution < -0.4 is 10.1 Å². The molecule has 0 atom stereocenters. The Kier molecular flexibility index (Phi) is 7.11. The zero-order chi connectivity index (χ0) is 19.1. The predicted octanol–water partition coefficient (Wildman–Crippen LogP) is 3.36. The number of amides is 1. The van der Waals surface area contributed by atoms with Crippen molar-refractivity contribution in [2.24, 2.45) is 0 Å². The van der Waals surface area contributed by atoms with Gasteiger partial charge < -0.3 is 19.9 Å². The lowest BCUT2D eigenvalue weighted by Crippen LogP contribution is -2.15. The van der Waals surface area contributed by atoms with E-state index in [-0.39, 0.29) is 22.4 Å². The van der Waals surface area contributed by atoms with E-state index in [4.69, 9.17) is 21.1 Å². The average Bonchev–Trinajstić information content (AvgIpc) is 2.63. The van der Waals surface area contributed by atoms with Crippen LogP contribution in [-0.4, -0.2) is 41.4 Å². The van der Waals surface area contributed by atoms with Gasteiger partial charge in [-0.1, -0.05) is 23.4 Å². The normalized spacial score (nSPS) is 10.3. The fourth-order valence-corrected chi connectivity index (χ4v) is 2.74. The minimum Gasteiger partial charge on any atom is -0.506 e. The molecule has 0 unspecified atom stereocenters. The number of nitrogens with zero attached hydrogens (tertiary/aromatic N) is 1. The molecule has 0 aliphatic heterocycles. The largest absolute Gasteiger partial charge is 0.506 e. The van der Waals surface area contributed by atoms with Gasteiger partial charge in [0.15, 0.2) is 0 Å². The van der Waals surface area contributed by atoms with Crippen molar-refractivity contribution in [1.82, 2.24) is 4.98 Å². The minimum absolute atomic E-state index is 0.0907. The van der Waals surface area contributed by atoms with E-state index in [1.165, 1.54) is 37.2 Å². The highest BCUT2D eigenvalue weighted by Crippen LogP contribution is 2.35. The van der Waals surface area contributed by atoms with Crippen molar-refractivity contribution >= 4 is 40.9 Å². The van der Waals surface area contributed by atoms with Crippen LogP contribution in [0.25, 0.3) is 0 Å². The molecule has 0 fully saturated rings. The molecule has 1 aromatic heterocycles. The molecule has 0 bridgehead atoms. The van der Waals surface area contributed by atoms with Crippen LogP contribution in [-0.2, 0) is 9.53 Å². The van der Waals surface area contributed by atoms with Gasteiger partial charge in [-0.15, -0.1) is 0 Å². The second kappa shape index (κ2) is 9.30. The van der Waals surface area contributed by atoms with Gasteiger partial charge in [0.2, 0.25) is 5.91 Å². The number of halogens is 1. The molecular weight excluding hydrogens is 380 g/mol. The molecule has 9 heteroatoms. The van der Waals surface area contributed by atoms with Gasteiger partial charge in [0.05, 0.1) is 40.8 Å². The van der Waals surface area contributed by atoms with E-state index in [2.05, 4.69) is 10.3 Å².